The van der Waals surface area contributed by atoms with Crippen molar-refractivity contribution in [3.05, 3.63) is 55.6 Å². The molecule has 1 aromatic rings. The summed E-state index contributed by atoms with van der Waals surface area (Å²) in [7, 11) is 0. The van der Waals surface area contributed by atoms with Crippen LogP contribution in [-0.4, -0.2) is 87.0 Å². The molecule has 6 atom stereocenters. The number of ether oxygens (including phenoxy) is 1. The highest BCUT2D eigenvalue weighted by molar-refractivity contribution is 9.09. The average Bonchev–Trinajstić information content (AvgIpc) is 3.50. The molecule has 0 saturated carbocycles. The van der Waals surface area contributed by atoms with E-state index in [9.17, 15) is 19.5 Å². The van der Waals surface area contributed by atoms with Crippen molar-refractivity contribution in [2.45, 2.75) is 82.0 Å². The molecule has 3 unspecified atom stereocenters. The Morgan fingerprint density at radius 1 is 1.12 bits per heavy atom. The molecule has 3 aliphatic heterocycles. The molecular weight excluding hydrogens is 598 g/mol. The zero-order valence-corrected chi connectivity index (χ0v) is 27.2. The number of fused-ring (bicyclic) bond motifs is 1. The molecule has 3 fully saturated rings. The van der Waals surface area contributed by atoms with Gasteiger partial charge in [0.2, 0.25) is 17.7 Å². The van der Waals surface area contributed by atoms with Crippen LogP contribution in [0.15, 0.2) is 55.6 Å². The van der Waals surface area contributed by atoms with Crippen LogP contribution in [-0.2, 0) is 19.1 Å². The fourth-order valence-corrected chi connectivity index (χ4v) is 8.66. The molecule has 0 aromatic heterocycles. The van der Waals surface area contributed by atoms with E-state index in [2.05, 4.69) is 49.9 Å². The molecule has 9 heteroatoms. The summed E-state index contributed by atoms with van der Waals surface area (Å²) in [4.78, 5) is 48.3. The summed E-state index contributed by atoms with van der Waals surface area (Å²) >= 11 is 3.77. The second-order valence-corrected chi connectivity index (χ2v) is 14.8. The van der Waals surface area contributed by atoms with Crippen LogP contribution in [0.25, 0.3) is 0 Å². The lowest BCUT2D eigenvalue weighted by Crippen LogP contribution is -2.61. The number of aliphatic hydroxyl groups is 1. The van der Waals surface area contributed by atoms with E-state index in [-0.39, 0.29) is 47.7 Å². The Bertz CT molecular complexity index is 1200. The first-order chi connectivity index (χ1) is 19.7. The number of rotatable bonds is 12. The Morgan fingerprint density at radius 3 is 2.33 bits per heavy atom. The molecule has 3 heterocycles. The van der Waals surface area contributed by atoms with Crippen molar-refractivity contribution < 1.29 is 24.2 Å². The highest BCUT2D eigenvalue weighted by Crippen LogP contribution is 2.60. The smallest absolute Gasteiger partial charge is 0.249 e. The molecule has 0 aliphatic carbocycles. The predicted octanol–water partition coefficient (Wildman–Crippen LogP) is 4.57. The van der Waals surface area contributed by atoms with E-state index in [1.54, 1.807) is 22.0 Å². The summed E-state index contributed by atoms with van der Waals surface area (Å²) < 4.78 is 6.73. The molecule has 2 bridgehead atoms. The van der Waals surface area contributed by atoms with Gasteiger partial charge in [0.1, 0.15) is 11.6 Å². The predicted molar refractivity (Wildman–Crippen MR) is 168 cm³/mol. The first kappa shape index (κ1) is 32.4. The van der Waals surface area contributed by atoms with E-state index in [0.717, 1.165) is 6.42 Å². The SMILES string of the molecule is C=CCN(C(=O)[C@H]1[C@H]2C(=O)N(CCCO)C(C(=O)N(CC=C)C(C)(C)CC(C)(C)C)C23CC(Br)[C@@H]1O3)c1ccccc1. The molecule has 42 heavy (non-hydrogen) atoms. The molecule has 3 amide bonds. The van der Waals surface area contributed by atoms with Crippen LogP contribution < -0.4 is 4.90 Å². The van der Waals surface area contributed by atoms with Gasteiger partial charge in [-0.05, 0) is 50.7 Å². The first-order valence-corrected chi connectivity index (χ1v) is 15.8. The molecule has 1 aromatic carbocycles. The maximum absolute atomic E-state index is 14.8. The van der Waals surface area contributed by atoms with E-state index in [1.807, 2.05) is 49.1 Å². The number of aliphatic hydroxyl groups excluding tert-OH is 1. The van der Waals surface area contributed by atoms with Gasteiger partial charge in [0.15, 0.2) is 0 Å². The van der Waals surface area contributed by atoms with Crippen molar-refractivity contribution in [1.29, 1.82) is 0 Å². The monoisotopic (exact) mass is 643 g/mol. The molecular formula is C33H46BrN3O5. The van der Waals surface area contributed by atoms with E-state index in [1.165, 1.54) is 0 Å². The summed E-state index contributed by atoms with van der Waals surface area (Å²) in [6.07, 6.45) is 4.29. The number of alkyl halides is 1. The normalized spacial score (nSPS) is 28.5. The lowest BCUT2D eigenvalue weighted by atomic mass is 9.70. The summed E-state index contributed by atoms with van der Waals surface area (Å²) in [6, 6.07) is 8.41. The minimum Gasteiger partial charge on any atom is -0.396 e. The van der Waals surface area contributed by atoms with Gasteiger partial charge in [-0.25, -0.2) is 0 Å². The Labute approximate surface area is 258 Å². The quantitative estimate of drug-likeness (QED) is 0.266. The molecule has 0 radical (unpaired) electrons. The fourth-order valence-electron chi connectivity index (χ4n) is 7.72. The summed E-state index contributed by atoms with van der Waals surface area (Å²) in [5.41, 5.74) is -1.06. The number of amides is 3. The van der Waals surface area contributed by atoms with Crippen molar-refractivity contribution in [2.24, 2.45) is 17.3 Å². The third kappa shape index (κ3) is 5.72. The van der Waals surface area contributed by atoms with Gasteiger partial charge in [0.25, 0.3) is 0 Å². The lowest BCUT2D eigenvalue weighted by molar-refractivity contribution is -0.152. The van der Waals surface area contributed by atoms with Crippen LogP contribution in [0.3, 0.4) is 0 Å². The van der Waals surface area contributed by atoms with Gasteiger partial charge >= 0.3 is 0 Å². The summed E-state index contributed by atoms with van der Waals surface area (Å²) in [5.74, 6) is -2.29. The zero-order chi connectivity index (χ0) is 31.0. The van der Waals surface area contributed by atoms with Crippen LogP contribution in [0.5, 0.6) is 0 Å². The van der Waals surface area contributed by atoms with Crippen LogP contribution in [0.1, 0.15) is 53.9 Å². The van der Waals surface area contributed by atoms with Gasteiger partial charge in [0, 0.05) is 42.3 Å². The van der Waals surface area contributed by atoms with Crippen molar-refractivity contribution in [3.63, 3.8) is 0 Å². The van der Waals surface area contributed by atoms with E-state index in [4.69, 9.17) is 4.74 Å². The third-order valence-electron chi connectivity index (χ3n) is 8.78. The Kier molecular flexibility index (Phi) is 9.46. The largest absolute Gasteiger partial charge is 0.396 e. The molecule has 1 spiro atoms. The second kappa shape index (κ2) is 12.2. The van der Waals surface area contributed by atoms with Gasteiger partial charge in [0.05, 0.1) is 17.9 Å². The average molecular weight is 645 g/mol. The maximum Gasteiger partial charge on any atom is 0.249 e. The van der Waals surface area contributed by atoms with Crippen molar-refractivity contribution in [1.82, 2.24) is 9.80 Å². The lowest BCUT2D eigenvalue weighted by Gasteiger charge is -2.45. The topological polar surface area (TPSA) is 90.4 Å². The number of halogens is 1. The standard InChI is InChI=1S/C33H46BrN3O5/c1-8-16-35(22-14-11-10-12-15-22)28(39)24-25-29(40)36(18-13-19-38)27(33(25)20-23(34)26(24)42-33)30(41)37(17-9-2)32(6,7)21-31(3,4)5/h8-12,14-15,23-27,38H,1-2,13,16-21H2,3-7H3/t23?,24-,25-,26-,27?,33?/m0/s1. The van der Waals surface area contributed by atoms with Crippen LogP contribution in [0, 0.1) is 17.3 Å². The Hall–Kier alpha value is -2.49. The summed E-state index contributed by atoms with van der Waals surface area (Å²) in [6.45, 7) is 18.9. The molecule has 3 aliphatic rings. The molecule has 8 nitrogen and oxygen atoms in total. The number of hydrogen-bond acceptors (Lipinski definition) is 5. The molecule has 4 rings (SSSR count). The first-order valence-electron chi connectivity index (χ1n) is 14.9. The van der Waals surface area contributed by atoms with E-state index in [0.29, 0.717) is 25.1 Å². The second-order valence-electron chi connectivity index (χ2n) is 13.6. The van der Waals surface area contributed by atoms with Gasteiger partial charge < -0.3 is 24.5 Å². The molecule has 230 valence electrons. The Balaban J connectivity index is 1.80. The number of anilines is 1. The minimum absolute atomic E-state index is 0.0566. The number of likely N-dealkylation sites (tertiary alicyclic amines) is 1. The number of hydrogen-bond donors (Lipinski definition) is 1. The highest BCUT2D eigenvalue weighted by atomic mass is 79.9. The molecule has 1 N–H and O–H groups in total. The summed E-state index contributed by atoms with van der Waals surface area (Å²) in [5, 5.41) is 9.71. The van der Waals surface area contributed by atoms with E-state index >= 15 is 0 Å². The van der Waals surface area contributed by atoms with Crippen molar-refractivity contribution >= 4 is 39.3 Å². The van der Waals surface area contributed by atoms with Crippen LogP contribution >= 0.6 is 15.9 Å². The Morgan fingerprint density at radius 2 is 1.76 bits per heavy atom. The fraction of sp³-hybridized carbons (Fsp3) is 0.606. The number of carbonyl (C=O) groups excluding carboxylic acids is 3. The highest BCUT2D eigenvalue weighted by Gasteiger charge is 2.77. The van der Waals surface area contributed by atoms with Gasteiger partial charge in [-0.3, -0.25) is 14.4 Å². The zero-order valence-electron chi connectivity index (χ0n) is 25.6. The van der Waals surface area contributed by atoms with Gasteiger partial charge in [-0.2, -0.15) is 0 Å². The maximum atomic E-state index is 14.8. The van der Waals surface area contributed by atoms with Crippen LogP contribution in [0.4, 0.5) is 5.69 Å². The van der Waals surface area contributed by atoms with Crippen LogP contribution in [0.2, 0.25) is 0 Å². The number of nitrogens with zero attached hydrogens (tertiary/aromatic N) is 3. The van der Waals surface area contributed by atoms with E-state index < -0.39 is 35.1 Å². The van der Waals surface area contributed by atoms with Gasteiger partial charge in [-0.1, -0.05) is 67.1 Å². The number of para-hydroxylation sites is 1. The van der Waals surface area contributed by atoms with Crippen molar-refractivity contribution in [3.8, 4) is 0 Å². The number of benzene rings is 1. The third-order valence-corrected chi connectivity index (χ3v) is 9.63. The number of carbonyl (C=O) groups is 3. The minimum atomic E-state index is -1.17. The molecule has 3 saturated heterocycles. The van der Waals surface area contributed by atoms with Gasteiger partial charge in [-0.15, -0.1) is 13.2 Å². The van der Waals surface area contributed by atoms with Crippen molar-refractivity contribution in [2.75, 3.05) is 31.1 Å².